The van der Waals surface area contributed by atoms with Gasteiger partial charge in [0.25, 0.3) is 0 Å². The molecule has 3 heterocycles. The molecule has 2 fully saturated rings. The lowest BCUT2D eigenvalue weighted by Crippen LogP contribution is -2.60. The van der Waals surface area contributed by atoms with Crippen LogP contribution >= 0.6 is 0 Å². The summed E-state index contributed by atoms with van der Waals surface area (Å²) in [4.78, 5) is 23.8. The topological polar surface area (TPSA) is 70.0 Å². The van der Waals surface area contributed by atoms with Crippen molar-refractivity contribution in [1.29, 1.82) is 0 Å². The maximum atomic E-state index is 11.6. The van der Waals surface area contributed by atoms with E-state index in [2.05, 4.69) is 56.9 Å². The van der Waals surface area contributed by atoms with E-state index in [0.29, 0.717) is 11.8 Å². The zero-order chi connectivity index (χ0) is 20.5. The van der Waals surface area contributed by atoms with Crippen LogP contribution in [0.1, 0.15) is 51.2 Å². The minimum absolute atomic E-state index is 0.250. The van der Waals surface area contributed by atoms with Gasteiger partial charge in [-0.1, -0.05) is 37.1 Å². The monoisotopic (exact) mass is 382 g/mol. The van der Waals surface area contributed by atoms with Gasteiger partial charge in [0.1, 0.15) is 5.60 Å². The van der Waals surface area contributed by atoms with Crippen LogP contribution in [0, 0.1) is 18.8 Å². The normalized spacial score (nSPS) is 31.5. The average Bonchev–Trinajstić information content (AvgIpc) is 3.01. The molecule has 4 atom stereocenters. The number of aliphatic hydroxyl groups is 1. The van der Waals surface area contributed by atoms with Gasteiger partial charge in [0.15, 0.2) is 0 Å². The molecule has 0 spiro atoms. The minimum Gasteiger partial charge on any atom is -0.379 e. The van der Waals surface area contributed by atoms with E-state index in [4.69, 9.17) is 14.6 Å². The van der Waals surface area contributed by atoms with Crippen LogP contribution < -0.4 is 0 Å². The van der Waals surface area contributed by atoms with Crippen molar-refractivity contribution in [1.82, 2.24) is 4.90 Å². The first-order valence-electron chi connectivity index (χ1n) is 10.2. The molecule has 0 radical (unpaired) electrons. The summed E-state index contributed by atoms with van der Waals surface area (Å²) < 4.78 is 0. The smallest absolute Gasteiger partial charge is 0.373 e. The van der Waals surface area contributed by atoms with Gasteiger partial charge in [-0.05, 0) is 57.1 Å². The van der Waals surface area contributed by atoms with Crippen LogP contribution in [-0.2, 0) is 15.2 Å². The van der Waals surface area contributed by atoms with Gasteiger partial charge in [-0.25, -0.2) is 0 Å². The zero-order valence-corrected chi connectivity index (χ0v) is 17.2. The highest BCUT2D eigenvalue weighted by atomic mass is 16.3. The van der Waals surface area contributed by atoms with Gasteiger partial charge in [0.2, 0.25) is 0 Å². The van der Waals surface area contributed by atoms with E-state index in [1.54, 1.807) is 0 Å². The standard InChI is InChI=1S/C22H30N2O.CO2/c1-5-14(3)17-12-19-21-22(25,10-11-24(19)13-16(17)6-2)20-15(4)8-7-9-18(20)23-21;2-1-3/h5,7-9,16-17,19,25H,6,10-13H2,1-4H3;/b14-5-;/t16-,17-,19+,22+;/m1./s1. The van der Waals surface area contributed by atoms with Gasteiger partial charge in [0.05, 0.1) is 17.4 Å². The summed E-state index contributed by atoms with van der Waals surface area (Å²) in [5.41, 5.74) is 4.85. The molecule has 3 aliphatic heterocycles. The first kappa shape index (κ1) is 20.7. The Balaban J connectivity index is 0.000000706. The number of hydrogen-bond acceptors (Lipinski definition) is 5. The minimum atomic E-state index is -0.852. The SMILES string of the molecule is C/C=C(/C)[C@H]1C[C@H]2C3=Nc4cccc(C)c4[C@@]3(O)CCN2C[C@H]1CC.O=C=O. The molecule has 150 valence electrons. The van der Waals surface area contributed by atoms with Crippen LogP contribution in [0.5, 0.6) is 0 Å². The molecule has 3 aliphatic rings. The Hall–Kier alpha value is -2.07. The quantitative estimate of drug-likeness (QED) is 0.791. The van der Waals surface area contributed by atoms with Gasteiger partial charge in [0, 0.05) is 18.7 Å². The highest BCUT2D eigenvalue weighted by molar-refractivity contribution is 6.04. The highest BCUT2D eigenvalue weighted by Gasteiger charge is 2.52. The molecule has 0 bridgehead atoms. The van der Waals surface area contributed by atoms with Crippen LogP contribution in [0.4, 0.5) is 5.69 Å². The summed E-state index contributed by atoms with van der Waals surface area (Å²) in [5.74, 6) is 1.32. The maximum absolute atomic E-state index is 11.6. The summed E-state index contributed by atoms with van der Waals surface area (Å²) in [6, 6.07) is 6.48. The van der Waals surface area contributed by atoms with Gasteiger partial charge < -0.3 is 5.11 Å². The van der Waals surface area contributed by atoms with Gasteiger partial charge >= 0.3 is 6.15 Å². The van der Waals surface area contributed by atoms with Crippen molar-refractivity contribution < 1.29 is 14.7 Å². The third-order valence-electron chi connectivity index (χ3n) is 6.93. The molecule has 0 amide bonds. The molecule has 1 aromatic rings. The van der Waals surface area contributed by atoms with Crippen molar-refractivity contribution >= 4 is 17.6 Å². The summed E-state index contributed by atoms with van der Waals surface area (Å²) >= 11 is 0. The fraction of sp³-hybridized carbons (Fsp3) is 0.565. The molecule has 5 heteroatoms. The van der Waals surface area contributed by atoms with Crippen molar-refractivity contribution in [3.05, 3.63) is 41.0 Å². The number of benzene rings is 1. The lowest BCUT2D eigenvalue weighted by Gasteiger charge is -2.50. The summed E-state index contributed by atoms with van der Waals surface area (Å²) in [6.07, 6.45) is 5.59. The molecule has 2 saturated heterocycles. The first-order chi connectivity index (χ1) is 13.4. The van der Waals surface area contributed by atoms with Crippen LogP contribution in [0.15, 0.2) is 34.8 Å². The number of hydrogen-bond donors (Lipinski definition) is 1. The Bertz CT molecular complexity index is 838. The van der Waals surface area contributed by atoms with Crippen LogP contribution in [0.2, 0.25) is 0 Å². The lowest BCUT2D eigenvalue weighted by molar-refractivity contribution is -0.191. The number of allylic oxidation sites excluding steroid dienone is 2. The lowest BCUT2D eigenvalue weighted by atomic mass is 9.70. The fourth-order valence-corrected chi connectivity index (χ4v) is 5.40. The Morgan fingerprint density at radius 2 is 2.14 bits per heavy atom. The van der Waals surface area contributed by atoms with E-state index in [1.165, 1.54) is 12.0 Å². The van der Waals surface area contributed by atoms with Crippen molar-refractivity contribution in [3.63, 3.8) is 0 Å². The Labute approximate surface area is 167 Å². The maximum Gasteiger partial charge on any atom is 0.373 e. The number of carbonyl (C=O) groups excluding carboxylic acids is 2. The van der Waals surface area contributed by atoms with E-state index >= 15 is 0 Å². The third-order valence-corrected chi connectivity index (χ3v) is 6.93. The molecule has 0 aliphatic carbocycles. The fourth-order valence-electron chi connectivity index (χ4n) is 5.40. The Kier molecular flexibility index (Phi) is 5.99. The molecule has 0 unspecified atom stereocenters. The van der Waals surface area contributed by atoms with Crippen molar-refractivity contribution in [2.24, 2.45) is 16.8 Å². The molecular formula is C23H30N2O3. The molecule has 4 rings (SSSR count). The van der Waals surface area contributed by atoms with Crippen LogP contribution in [0.25, 0.3) is 0 Å². The second-order valence-corrected chi connectivity index (χ2v) is 8.21. The number of fused-ring (bicyclic) bond motifs is 5. The van der Waals surface area contributed by atoms with E-state index in [-0.39, 0.29) is 12.2 Å². The molecule has 0 saturated carbocycles. The summed E-state index contributed by atoms with van der Waals surface area (Å²) in [7, 11) is 0. The third kappa shape index (κ3) is 3.28. The first-order valence-corrected chi connectivity index (χ1v) is 10.2. The number of nitrogens with zero attached hydrogens (tertiary/aromatic N) is 2. The van der Waals surface area contributed by atoms with E-state index < -0.39 is 5.60 Å². The van der Waals surface area contributed by atoms with E-state index in [9.17, 15) is 5.11 Å². The number of aryl methyl sites for hydroxylation is 1. The second kappa shape index (κ2) is 8.12. The van der Waals surface area contributed by atoms with Crippen LogP contribution in [-0.4, -0.2) is 41.0 Å². The molecule has 1 aromatic carbocycles. The molecule has 5 nitrogen and oxygen atoms in total. The predicted molar refractivity (Wildman–Crippen MR) is 108 cm³/mol. The number of rotatable bonds is 2. The second-order valence-electron chi connectivity index (χ2n) is 8.21. The average molecular weight is 383 g/mol. The summed E-state index contributed by atoms with van der Waals surface area (Å²) in [5, 5.41) is 11.6. The van der Waals surface area contributed by atoms with Crippen molar-refractivity contribution in [2.45, 2.75) is 58.6 Å². The van der Waals surface area contributed by atoms with E-state index in [1.807, 2.05) is 0 Å². The Morgan fingerprint density at radius 1 is 1.43 bits per heavy atom. The van der Waals surface area contributed by atoms with Gasteiger partial charge in [-0.15, -0.1) is 0 Å². The van der Waals surface area contributed by atoms with E-state index in [0.717, 1.165) is 48.5 Å². The number of piperidine rings is 2. The molecular weight excluding hydrogens is 352 g/mol. The largest absolute Gasteiger partial charge is 0.379 e. The van der Waals surface area contributed by atoms with Gasteiger partial charge in [-0.3, -0.25) is 9.89 Å². The molecule has 28 heavy (non-hydrogen) atoms. The summed E-state index contributed by atoms with van der Waals surface area (Å²) in [6.45, 7) is 10.9. The highest BCUT2D eigenvalue weighted by Crippen LogP contribution is 2.49. The van der Waals surface area contributed by atoms with Gasteiger partial charge in [-0.2, -0.15) is 9.59 Å². The van der Waals surface area contributed by atoms with Crippen LogP contribution in [0.3, 0.4) is 0 Å². The zero-order valence-electron chi connectivity index (χ0n) is 17.2. The molecule has 0 aromatic heterocycles. The predicted octanol–water partition coefficient (Wildman–Crippen LogP) is 3.77. The van der Waals surface area contributed by atoms with Crippen molar-refractivity contribution in [2.75, 3.05) is 13.1 Å². The Morgan fingerprint density at radius 3 is 2.79 bits per heavy atom. The number of aliphatic imine (C=N–C) groups is 1. The molecule has 1 N–H and O–H groups in total. The van der Waals surface area contributed by atoms with Crippen molar-refractivity contribution in [3.8, 4) is 0 Å².